The fourth-order valence-electron chi connectivity index (χ4n) is 8.49. The van der Waals surface area contributed by atoms with E-state index in [4.69, 9.17) is 16.0 Å². The summed E-state index contributed by atoms with van der Waals surface area (Å²) in [6, 6.07) is 8.69. The van der Waals surface area contributed by atoms with E-state index in [0.717, 1.165) is 56.2 Å². The van der Waals surface area contributed by atoms with Crippen LogP contribution in [0.4, 0.5) is 0 Å². The number of carbonyl (C=O) groups excluding carboxylic acids is 2. The van der Waals surface area contributed by atoms with Gasteiger partial charge >= 0.3 is 5.97 Å². The van der Waals surface area contributed by atoms with Gasteiger partial charge in [0.1, 0.15) is 11.6 Å². The molecule has 0 radical (unpaired) electrons. The van der Waals surface area contributed by atoms with Gasteiger partial charge in [0, 0.05) is 11.8 Å². The van der Waals surface area contributed by atoms with Gasteiger partial charge in [0.15, 0.2) is 6.61 Å². The van der Waals surface area contributed by atoms with Crippen LogP contribution in [0.3, 0.4) is 0 Å². The second-order valence-corrected chi connectivity index (χ2v) is 12.7. The van der Waals surface area contributed by atoms with Gasteiger partial charge in [-0.15, -0.1) is 6.42 Å². The molecule has 4 unspecified atom stereocenters. The number of rotatable bonds is 7. The molecule has 1 aromatic carbocycles. The van der Waals surface area contributed by atoms with Crippen LogP contribution in [0.25, 0.3) is 0 Å². The van der Waals surface area contributed by atoms with Crippen LogP contribution < -0.4 is 5.32 Å². The lowest BCUT2D eigenvalue weighted by atomic mass is 9.46. The fourth-order valence-corrected chi connectivity index (χ4v) is 8.49. The van der Waals surface area contributed by atoms with Gasteiger partial charge in [0.05, 0.1) is 12.8 Å². The molecular weight excluding hydrogens is 504 g/mol. The van der Waals surface area contributed by atoms with Gasteiger partial charge in [-0.2, -0.15) is 0 Å². The Bertz CT molecular complexity index is 1230. The number of benzene rings is 1. The minimum absolute atomic E-state index is 0.114. The van der Waals surface area contributed by atoms with Gasteiger partial charge in [-0.05, 0) is 86.2 Å². The summed E-state index contributed by atoms with van der Waals surface area (Å²) in [6.45, 7) is 4.36. The molecule has 7 atom stereocenters. The minimum atomic E-state index is -0.978. The lowest BCUT2D eigenvalue weighted by Gasteiger charge is -2.58. The first kappa shape index (κ1) is 28.4. The number of fused-ring (bicyclic) bond motifs is 5. The average Bonchev–Trinajstić information content (AvgIpc) is 3.23. The van der Waals surface area contributed by atoms with Crippen molar-refractivity contribution in [3.8, 4) is 12.3 Å². The van der Waals surface area contributed by atoms with Crippen molar-refractivity contribution in [2.24, 2.45) is 33.7 Å². The molecule has 0 aliphatic heterocycles. The molecule has 214 valence electrons. The monoisotopic (exact) mass is 546 g/mol. The zero-order valence-corrected chi connectivity index (χ0v) is 23.9. The van der Waals surface area contributed by atoms with Crippen LogP contribution in [0, 0.1) is 40.9 Å². The summed E-state index contributed by atoms with van der Waals surface area (Å²) < 4.78 is 4.88. The first-order valence-electron chi connectivity index (χ1n) is 14.6. The van der Waals surface area contributed by atoms with Gasteiger partial charge in [0.25, 0.3) is 5.91 Å². The maximum absolute atomic E-state index is 12.6. The third kappa shape index (κ3) is 4.96. The highest BCUT2D eigenvalue weighted by Crippen LogP contribution is 2.67. The van der Waals surface area contributed by atoms with Crippen molar-refractivity contribution in [3.05, 3.63) is 47.5 Å². The van der Waals surface area contributed by atoms with E-state index in [9.17, 15) is 14.7 Å². The number of hydrogen-bond acceptors (Lipinski definition) is 6. The molecule has 2 N–H and O–H groups in total. The maximum atomic E-state index is 12.6. The molecule has 40 heavy (non-hydrogen) atoms. The molecule has 0 aromatic heterocycles. The number of esters is 1. The molecule has 5 rings (SSSR count). The predicted octanol–water partition coefficient (Wildman–Crippen LogP) is 4.59. The Labute approximate surface area is 237 Å². The zero-order chi connectivity index (χ0) is 28.5. The second kappa shape index (κ2) is 11.0. The van der Waals surface area contributed by atoms with Crippen molar-refractivity contribution in [2.45, 2.75) is 83.3 Å². The summed E-state index contributed by atoms with van der Waals surface area (Å²) in [7, 11) is 1.31. The molecule has 7 nitrogen and oxygen atoms in total. The van der Waals surface area contributed by atoms with E-state index in [-0.39, 0.29) is 17.4 Å². The summed E-state index contributed by atoms with van der Waals surface area (Å²) in [5, 5.41) is 18.2. The highest BCUT2D eigenvalue weighted by molar-refractivity contribution is 5.96. The minimum Gasteiger partial charge on any atom is -0.467 e. The van der Waals surface area contributed by atoms with E-state index >= 15 is 0 Å². The quantitative estimate of drug-likeness (QED) is 0.296. The lowest BCUT2D eigenvalue weighted by molar-refractivity contribution is -0.145. The average molecular weight is 547 g/mol. The van der Waals surface area contributed by atoms with Gasteiger partial charge in [-0.25, -0.2) is 4.79 Å². The Kier molecular flexibility index (Phi) is 7.85. The Morgan fingerprint density at radius 1 is 1.12 bits per heavy atom. The highest BCUT2D eigenvalue weighted by atomic mass is 16.6. The standard InChI is InChI=1S/C33H42N2O5/c1-5-33(38)18-15-27-25-12-11-23-20-24(13-16-31(23,2)26(25)14-17-32(27,33)3)35-40-21-29(36)34-28(30(37)39-4)19-22-9-7-6-8-10-22/h1,6-10,20,25-28,38H,11-19,21H2,2-4H3,(H,34,36)/b35-24-/t25?,26?,27?,28?,31-,32-,33+/m0/s1. The lowest BCUT2D eigenvalue weighted by Crippen LogP contribution is -2.54. The first-order valence-corrected chi connectivity index (χ1v) is 14.6. The summed E-state index contributed by atoms with van der Waals surface area (Å²) in [5.41, 5.74) is 2.15. The fraction of sp³-hybridized carbons (Fsp3) is 0.606. The number of methoxy groups -OCH3 is 1. The van der Waals surface area contributed by atoms with E-state index in [1.807, 2.05) is 30.3 Å². The number of nitrogens with zero attached hydrogens (tertiary/aromatic N) is 1. The normalized spacial score (nSPS) is 36.2. The molecule has 4 aliphatic rings. The van der Waals surface area contributed by atoms with Crippen molar-refractivity contribution < 1.29 is 24.3 Å². The van der Waals surface area contributed by atoms with Crippen molar-refractivity contribution in [3.63, 3.8) is 0 Å². The van der Waals surface area contributed by atoms with Crippen LogP contribution in [0.2, 0.25) is 0 Å². The predicted molar refractivity (Wildman–Crippen MR) is 153 cm³/mol. The molecule has 0 saturated heterocycles. The molecule has 7 heteroatoms. The van der Waals surface area contributed by atoms with Crippen LogP contribution in [-0.4, -0.2) is 48.1 Å². The van der Waals surface area contributed by atoms with Crippen LogP contribution in [0.5, 0.6) is 0 Å². The van der Waals surface area contributed by atoms with E-state index in [2.05, 4.69) is 36.3 Å². The molecule has 0 spiro atoms. The highest BCUT2D eigenvalue weighted by Gasteiger charge is 2.63. The Hall–Kier alpha value is -3.11. The van der Waals surface area contributed by atoms with E-state index in [1.165, 1.54) is 12.7 Å². The van der Waals surface area contributed by atoms with E-state index < -0.39 is 23.5 Å². The number of allylic oxidation sites excluding steroid dienone is 2. The number of terminal acetylenes is 1. The number of nitrogens with one attached hydrogen (secondary N) is 1. The number of hydrogen-bond donors (Lipinski definition) is 2. The summed E-state index contributed by atoms with van der Waals surface area (Å²) in [4.78, 5) is 30.3. The molecular formula is C33H42N2O5. The van der Waals surface area contributed by atoms with Crippen LogP contribution in [-0.2, 0) is 25.6 Å². The molecule has 0 heterocycles. The third-order valence-electron chi connectivity index (χ3n) is 10.8. The van der Waals surface area contributed by atoms with Crippen molar-refractivity contribution in [1.82, 2.24) is 5.32 Å². The maximum Gasteiger partial charge on any atom is 0.328 e. The zero-order valence-electron chi connectivity index (χ0n) is 23.9. The molecule has 1 amide bonds. The smallest absolute Gasteiger partial charge is 0.328 e. The van der Waals surface area contributed by atoms with Crippen LogP contribution in [0.15, 0.2) is 47.1 Å². The first-order chi connectivity index (χ1) is 19.1. The number of carbonyl (C=O) groups is 2. The molecule has 3 fully saturated rings. The van der Waals surface area contributed by atoms with Gasteiger partial charge in [-0.3, -0.25) is 4.79 Å². The van der Waals surface area contributed by atoms with Crippen molar-refractivity contribution in [2.75, 3.05) is 13.7 Å². The molecule has 3 saturated carbocycles. The van der Waals surface area contributed by atoms with E-state index in [0.29, 0.717) is 30.6 Å². The largest absolute Gasteiger partial charge is 0.467 e. The Balaban J connectivity index is 1.20. The van der Waals surface area contributed by atoms with Crippen LogP contribution in [0.1, 0.15) is 70.8 Å². The summed E-state index contributed by atoms with van der Waals surface area (Å²) in [5.74, 6) is 3.49. The van der Waals surface area contributed by atoms with Gasteiger partial charge < -0.3 is 20.0 Å². The Morgan fingerprint density at radius 3 is 2.60 bits per heavy atom. The number of oxime groups is 1. The van der Waals surface area contributed by atoms with Crippen molar-refractivity contribution >= 4 is 17.6 Å². The molecule has 1 aromatic rings. The molecule has 4 aliphatic carbocycles. The second-order valence-electron chi connectivity index (χ2n) is 12.7. The SMILES string of the molecule is C#C[C@@]1(O)CCC2C3CCC4=C/C(=N\OCC(=O)NC(Cc5ccccc5)C(=O)OC)CC[C@]4(C)C3CC[C@@]21C. The third-order valence-corrected chi connectivity index (χ3v) is 10.8. The van der Waals surface area contributed by atoms with Gasteiger partial charge in [0.2, 0.25) is 0 Å². The number of amides is 1. The van der Waals surface area contributed by atoms with E-state index in [1.54, 1.807) is 0 Å². The van der Waals surface area contributed by atoms with Crippen molar-refractivity contribution in [1.29, 1.82) is 0 Å². The Morgan fingerprint density at radius 2 is 1.88 bits per heavy atom. The topological polar surface area (TPSA) is 97.2 Å². The van der Waals surface area contributed by atoms with Gasteiger partial charge in [-0.1, -0.05) is 60.8 Å². The summed E-state index contributed by atoms with van der Waals surface area (Å²) in [6.07, 6.45) is 16.0. The molecule has 0 bridgehead atoms. The van der Waals surface area contributed by atoms with Crippen LogP contribution >= 0.6 is 0 Å². The number of aliphatic hydroxyl groups is 1. The number of ether oxygens (including phenoxy) is 1. The summed E-state index contributed by atoms with van der Waals surface area (Å²) >= 11 is 0.